The van der Waals surface area contributed by atoms with Crippen molar-refractivity contribution in [3.63, 3.8) is 0 Å². The lowest BCUT2D eigenvalue weighted by Crippen LogP contribution is -2.24. The van der Waals surface area contributed by atoms with Crippen molar-refractivity contribution in [2.45, 2.75) is 72.1 Å². The number of hydrogen-bond acceptors (Lipinski definition) is 2. The fraction of sp³-hybridized carbons (Fsp3) is 0.619. The van der Waals surface area contributed by atoms with Crippen LogP contribution >= 0.6 is 0 Å². The van der Waals surface area contributed by atoms with Crippen molar-refractivity contribution in [1.29, 1.82) is 0 Å². The van der Waals surface area contributed by atoms with Gasteiger partial charge in [-0.3, -0.25) is 9.59 Å². The molecule has 1 aliphatic carbocycles. The summed E-state index contributed by atoms with van der Waals surface area (Å²) in [5.41, 5.74) is 3.29. The minimum Gasteiger partial charge on any atom is -0.300 e. The molecule has 1 aromatic rings. The molecular weight excluding hydrogens is 284 g/mol. The minimum atomic E-state index is 0.152. The number of aryl methyl sites for hydroxylation is 2. The highest BCUT2D eigenvalue weighted by molar-refractivity contribution is 5.99. The summed E-state index contributed by atoms with van der Waals surface area (Å²) in [6.45, 7) is 6.23. The van der Waals surface area contributed by atoms with Crippen LogP contribution in [0, 0.1) is 18.8 Å². The first-order chi connectivity index (χ1) is 11.0. The smallest absolute Gasteiger partial charge is 0.166 e. The van der Waals surface area contributed by atoms with Gasteiger partial charge in [-0.25, -0.2) is 0 Å². The van der Waals surface area contributed by atoms with E-state index in [0.29, 0.717) is 23.9 Å². The largest absolute Gasteiger partial charge is 0.300 e. The Labute approximate surface area is 140 Å². The van der Waals surface area contributed by atoms with E-state index in [1.54, 1.807) is 0 Å². The lowest BCUT2D eigenvalue weighted by atomic mass is 9.76. The van der Waals surface area contributed by atoms with Crippen LogP contribution in [0.25, 0.3) is 0 Å². The zero-order chi connectivity index (χ0) is 16.8. The topological polar surface area (TPSA) is 34.1 Å². The van der Waals surface area contributed by atoms with Crippen LogP contribution in [0.2, 0.25) is 0 Å². The molecular formula is C21H30O2. The fourth-order valence-corrected chi connectivity index (χ4v) is 3.77. The maximum atomic E-state index is 12.8. The van der Waals surface area contributed by atoms with Crippen molar-refractivity contribution in [3.05, 3.63) is 34.9 Å². The van der Waals surface area contributed by atoms with E-state index in [-0.39, 0.29) is 5.92 Å². The highest BCUT2D eigenvalue weighted by Gasteiger charge is 2.28. The van der Waals surface area contributed by atoms with Crippen LogP contribution in [0.1, 0.15) is 80.3 Å². The van der Waals surface area contributed by atoms with Gasteiger partial charge in [-0.05, 0) is 62.5 Å². The average molecular weight is 314 g/mol. The van der Waals surface area contributed by atoms with E-state index in [1.807, 2.05) is 13.0 Å². The van der Waals surface area contributed by atoms with Crippen LogP contribution in [0.3, 0.4) is 0 Å². The van der Waals surface area contributed by atoms with Crippen LogP contribution in [0.15, 0.2) is 18.2 Å². The Hall–Kier alpha value is -1.44. The predicted molar refractivity (Wildman–Crippen MR) is 94.9 cm³/mol. The van der Waals surface area contributed by atoms with Crippen molar-refractivity contribution in [2.24, 2.45) is 11.8 Å². The van der Waals surface area contributed by atoms with Gasteiger partial charge in [0.25, 0.3) is 0 Å². The monoisotopic (exact) mass is 314 g/mol. The average Bonchev–Trinajstić information content (AvgIpc) is 2.55. The summed E-state index contributed by atoms with van der Waals surface area (Å²) in [7, 11) is 0. The number of benzene rings is 1. The van der Waals surface area contributed by atoms with Gasteiger partial charge in [0.1, 0.15) is 5.78 Å². The normalized spacial score (nSPS) is 21.2. The molecule has 0 spiro atoms. The number of carbonyl (C=O) groups is 2. The van der Waals surface area contributed by atoms with Crippen molar-refractivity contribution < 1.29 is 9.59 Å². The molecule has 2 nitrogen and oxygen atoms in total. The van der Waals surface area contributed by atoms with Crippen LogP contribution in [-0.4, -0.2) is 11.6 Å². The molecule has 0 bridgehead atoms. The summed E-state index contributed by atoms with van der Waals surface area (Å²) in [5, 5.41) is 0. The van der Waals surface area contributed by atoms with E-state index >= 15 is 0 Å². The molecule has 0 heterocycles. The Morgan fingerprint density at radius 1 is 1.09 bits per heavy atom. The SMILES string of the molecule is CCCC(=O)CC1CCC(C(=O)c2ccc(CC)cc2C)CC1. The third-order valence-corrected chi connectivity index (χ3v) is 5.23. The molecule has 0 N–H and O–H groups in total. The number of carbonyl (C=O) groups excluding carboxylic acids is 2. The van der Waals surface area contributed by atoms with E-state index in [4.69, 9.17) is 0 Å². The third kappa shape index (κ3) is 4.76. The number of Topliss-reactive ketones (excluding diaryl/α,β-unsaturated/α-hetero) is 2. The van der Waals surface area contributed by atoms with Crippen molar-refractivity contribution in [3.8, 4) is 0 Å². The second kappa shape index (κ2) is 8.42. The Morgan fingerprint density at radius 3 is 2.35 bits per heavy atom. The van der Waals surface area contributed by atoms with Gasteiger partial charge in [0.05, 0.1) is 0 Å². The summed E-state index contributed by atoms with van der Waals surface area (Å²) in [6, 6.07) is 6.23. The van der Waals surface area contributed by atoms with E-state index in [2.05, 4.69) is 26.0 Å². The van der Waals surface area contributed by atoms with Gasteiger partial charge >= 0.3 is 0 Å². The highest BCUT2D eigenvalue weighted by Crippen LogP contribution is 2.33. The summed E-state index contributed by atoms with van der Waals surface area (Å²) in [4.78, 5) is 24.6. The predicted octanol–water partition coefficient (Wildman–Crippen LogP) is 5.31. The molecule has 0 radical (unpaired) electrons. The summed E-state index contributed by atoms with van der Waals surface area (Å²) in [6.07, 6.45) is 7.32. The molecule has 1 fully saturated rings. The zero-order valence-electron chi connectivity index (χ0n) is 14.9. The highest BCUT2D eigenvalue weighted by atomic mass is 16.1. The first-order valence-corrected chi connectivity index (χ1v) is 9.20. The molecule has 0 saturated heterocycles. The van der Waals surface area contributed by atoms with Crippen molar-refractivity contribution in [1.82, 2.24) is 0 Å². The van der Waals surface area contributed by atoms with Gasteiger partial charge < -0.3 is 0 Å². The van der Waals surface area contributed by atoms with E-state index in [9.17, 15) is 9.59 Å². The second-order valence-electron chi connectivity index (χ2n) is 7.08. The molecule has 0 amide bonds. The molecule has 1 aromatic carbocycles. The molecule has 1 saturated carbocycles. The second-order valence-corrected chi connectivity index (χ2v) is 7.08. The van der Waals surface area contributed by atoms with Crippen molar-refractivity contribution in [2.75, 3.05) is 0 Å². The Balaban J connectivity index is 1.92. The maximum absolute atomic E-state index is 12.8. The molecule has 0 aromatic heterocycles. The minimum absolute atomic E-state index is 0.152. The summed E-state index contributed by atoms with van der Waals surface area (Å²) < 4.78 is 0. The standard InChI is InChI=1S/C21H30O2/c1-4-6-19(22)14-17-7-10-18(11-8-17)21(23)20-12-9-16(5-2)13-15(20)3/h9,12-13,17-18H,4-8,10-11,14H2,1-3H3. The molecule has 0 aliphatic heterocycles. The lowest BCUT2D eigenvalue weighted by molar-refractivity contribution is -0.120. The first-order valence-electron chi connectivity index (χ1n) is 9.20. The molecule has 1 aliphatic rings. The first kappa shape index (κ1) is 17.9. The summed E-state index contributed by atoms with van der Waals surface area (Å²) in [5.74, 6) is 1.36. The quantitative estimate of drug-likeness (QED) is 0.639. The number of ketones is 2. The number of rotatable bonds is 7. The molecule has 2 rings (SSSR count). The molecule has 2 heteroatoms. The molecule has 0 unspecified atom stereocenters. The van der Waals surface area contributed by atoms with Crippen LogP contribution in [-0.2, 0) is 11.2 Å². The van der Waals surface area contributed by atoms with E-state index < -0.39 is 0 Å². The van der Waals surface area contributed by atoms with E-state index in [1.165, 1.54) is 5.56 Å². The van der Waals surface area contributed by atoms with Gasteiger partial charge in [0.2, 0.25) is 0 Å². The summed E-state index contributed by atoms with van der Waals surface area (Å²) >= 11 is 0. The van der Waals surface area contributed by atoms with Gasteiger partial charge in [-0.2, -0.15) is 0 Å². The molecule has 126 valence electrons. The Kier molecular flexibility index (Phi) is 6.56. The van der Waals surface area contributed by atoms with Crippen molar-refractivity contribution >= 4 is 11.6 Å². The third-order valence-electron chi connectivity index (χ3n) is 5.23. The maximum Gasteiger partial charge on any atom is 0.166 e. The lowest BCUT2D eigenvalue weighted by Gasteiger charge is -2.27. The number of hydrogen-bond donors (Lipinski definition) is 0. The van der Waals surface area contributed by atoms with E-state index in [0.717, 1.165) is 56.1 Å². The van der Waals surface area contributed by atoms with Crippen LogP contribution in [0.5, 0.6) is 0 Å². The fourth-order valence-electron chi connectivity index (χ4n) is 3.77. The van der Waals surface area contributed by atoms with Gasteiger partial charge in [0, 0.05) is 24.3 Å². The van der Waals surface area contributed by atoms with Gasteiger partial charge in [0.15, 0.2) is 5.78 Å². The Bertz CT molecular complexity index is 551. The molecule has 23 heavy (non-hydrogen) atoms. The zero-order valence-corrected chi connectivity index (χ0v) is 14.9. The molecule has 0 atom stereocenters. The van der Waals surface area contributed by atoms with Crippen LogP contribution < -0.4 is 0 Å². The van der Waals surface area contributed by atoms with Crippen LogP contribution in [0.4, 0.5) is 0 Å². The van der Waals surface area contributed by atoms with Gasteiger partial charge in [-0.15, -0.1) is 0 Å². The Morgan fingerprint density at radius 2 is 1.78 bits per heavy atom. The van der Waals surface area contributed by atoms with Gasteiger partial charge in [-0.1, -0.05) is 32.0 Å².